The first-order chi connectivity index (χ1) is 7.70. The quantitative estimate of drug-likeness (QED) is 0.801. The molecular formula is C13H13ClN2. The molecule has 0 spiro atoms. The second kappa shape index (κ2) is 4.45. The molecule has 0 aromatic heterocycles. The molecule has 0 saturated carbocycles. The first-order valence-electron chi connectivity index (χ1n) is 5.03. The topological polar surface area (TPSA) is 29.3 Å². The van der Waals surface area contributed by atoms with Crippen LogP contribution in [0.2, 0.25) is 5.02 Å². The molecule has 0 unspecified atom stereocenters. The van der Waals surface area contributed by atoms with E-state index in [1.54, 1.807) is 0 Å². The predicted molar refractivity (Wildman–Crippen MR) is 70.4 cm³/mol. The van der Waals surface area contributed by atoms with Crippen LogP contribution < -0.4 is 10.6 Å². The van der Waals surface area contributed by atoms with Crippen LogP contribution in [0.5, 0.6) is 0 Å². The minimum absolute atomic E-state index is 0.659. The first-order valence-corrected chi connectivity index (χ1v) is 5.40. The Morgan fingerprint density at radius 1 is 1.00 bits per heavy atom. The van der Waals surface area contributed by atoms with E-state index in [2.05, 4.69) is 0 Å². The van der Waals surface area contributed by atoms with Crippen LogP contribution in [0.15, 0.2) is 48.5 Å². The van der Waals surface area contributed by atoms with Crippen molar-refractivity contribution in [3.05, 3.63) is 53.6 Å². The average molecular weight is 233 g/mol. The van der Waals surface area contributed by atoms with Gasteiger partial charge in [0.2, 0.25) is 0 Å². The summed E-state index contributed by atoms with van der Waals surface area (Å²) in [5.41, 5.74) is 8.51. The maximum atomic E-state index is 6.15. The van der Waals surface area contributed by atoms with Crippen LogP contribution in [0.4, 0.5) is 17.1 Å². The third-order valence-electron chi connectivity index (χ3n) is 2.50. The number of nitrogens with zero attached hydrogens (tertiary/aromatic N) is 1. The molecule has 0 aliphatic rings. The fourth-order valence-electron chi connectivity index (χ4n) is 1.67. The lowest BCUT2D eigenvalue weighted by Gasteiger charge is -2.22. The normalized spacial score (nSPS) is 10.1. The van der Waals surface area contributed by atoms with Crippen LogP contribution in [0, 0.1) is 0 Å². The summed E-state index contributed by atoms with van der Waals surface area (Å²) in [5, 5.41) is 0.659. The molecule has 0 saturated heterocycles. The number of hydrogen-bond acceptors (Lipinski definition) is 2. The highest BCUT2D eigenvalue weighted by Crippen LogP contribution is 2.35. The average Bonchev–Trinajstić information content (AvgIpc) is 2.30. The van der Waals surface area contributed by atoms with E-state index in [0.717, 1.165) is 11.4 Å². The van der Waals surface area contributed by atoms with E-state index >= 15 is 0 Å². The number of nitrogens with two attached hydrogens (primary N) is 1. The molecule has 0 aliphatic carbocycles. The van der Waals surface area contributed by atoms with Gasteiger partial charge in [0.15, 0.2) is 0 Å². The second-order valence-electron chi connectivity index (χ2n) is 3.57. The highest BCUT2D eigenvalue weighted by atomic mass is 35.5. The third-order valence-corrected chi connectivity index (χ3v) is 2.80. The van der Waals surface area contributed by atoms with Crippen molar-refractivity contribution in [1.29, 1.82) is 0 Å². The van der Waals surface area contributed by atoms with Crippen molar-refractivity contribution < 1.29 is 0 Å². The Morgan fingerprint density at radius 3 is 2.31 bits per heavy atom. The summed E-state index contributed by atoms with van der Waals surface area (Å²) >= 11 is 6.15. The van der Waals surface area contributed by atoms with Crippen LogP contribution in [0.1, 0.15) is 0 Å². The smallest absolute Gasteiger partial charge is 0.0830 e. The Morgan fingerprint density at radius 2 is 1.69 bits per heavy atom. The maximum Gasteiger partial charge on any atom is 0.0830 e. The summed E-state index contributed by atoms with van der Waals surface area (Å²) in [5.74, 6) is 0. The molecule has 0 fully saturated rings. The first kappa shape index (κ1) is 10.8. The van der Waals surface area contributed by atoms with Crippen LogP contribution in [-0.4, -0.2) is 7.05 Å². The van der Waals surface area contributed by atoms with Gasteiger partial charge in [-0.25, -0.2) is 0 Å². The van der Waals surface area contributed by atoms with Gasteiger partial charge in [0.25, 0.3) is 0 Å². The molecule has 2 aromatic rings. The van der Waals surface area contributed by atoms with Crippen molar-refractivity contribution in [2.24, 2.45) is 0 Å². The zero-order valence-corrected chi connectivity index (χ0v) is 9.78. The lowest BCUT2D eigenvalue weighted by atomic mass is 10.2. The number of hydrogen-bond donors (Lipinski definition) is 1. The lowest BCUT2D eigenvalue weighted by Crippen LogP contribution is -2.11. The number of rotatable bonds is 2. The number of benzene rings is 2. The Labute approximate surface area is 100 Å². The van der Waals surface area contributed by atoms with Crippen LogP contribution >= 0.6 is 11.6 Å². The van der Waals surface area contributed by atoms with E-state index in [9.17, 15) is 0 Å². The maximum absolute atomic E-state index is 6.15. The van der Waals surface area contributed by atoms with Crippen molar-refractivity contribution in [3.63, 3.8) is 0 Å². The summed E-state index contributed by atoms with van der Waals surface area (Å²) < 4.78 is 0. The van der Waals surface area contributed by atoms with Gasteiger partial charge in [0.05, 0.1) is 16.4 Å². The number of halogens is 1. The molecule has 0 amide bonds. The van der Waals surface area contributed by atoms with Gasteiger partial charge in [0.1, 0.15) is 0 Å². The van der Waals surface area contributed by atoms with Crippen molar-refractivity contribution in [2.75, 3.05) is 17.7 Å². The fourth-order valence-corrected chi connectivity index (χ4v) is 1.98. The summed E-state index contributed by atoms with van der Waals surface area (Å²) in [4.78, 5) is 1.98. The van der Waals surface area contributed by atoms with Gasteiger partial charge in [-0.3, -0.25) is 0 Å². The molecule has 0 radical (unpaired) electrons. The molecule has 2 aromatic carbocycles. The standard InChI is InChI=1S/C13H13ClN2/c1-16(10-6-3-2-4-7-10)13-11(14)8-5-9-12(13)15/h2-9H,15H2,1H3. The van der Waals surface area contributed by atoms with Crippen LogP contribution in [0.25, 0.3) is 0 Å². The molecule has 0 atom stereocenters. The Balaban J connectivity index is 2.46. The minimum Gasteiger partial charge on any atom is -0.397 e. The summed E-state index contributed by atoms with van der Waals surface area (Å²) in [6.07, 6.45) is 0. The molecule has 2 nitrogen and oxygen atoms in total. The van der Waals surface area contributed by atoms with Gasteiger partial charge < -0.3 is 10.6 Å². The van der Waals surface area contributed by atoms with E-state index in [1.807, 2.05) is 60.5 Å². The summed E-state index contributed by atoms with van der Waals surface area (Å²) in [6, 6.07) is 15.5. The predicted octanol–water partition coefficient (Wildman–Crippen LogP) is 3.69. The zero-order valence-electron chi connectivity index (χ0n) is 9.02. The molecule has 16 heavy (non-hydrogen) atoms. The van der Waals surface area contributed by atoms with E-state index in [4.69, 9.17) is 17.3 Å². The van der Waals surface area contributed by atoms with Gasteiger partial charge in [-0.05, 0) is 24.3 Å². The number of nitrogen functional groups attached to an aromatic ring is 1. The van der Waals surface area contributed by atoms with E-state index in [-0.39, 0.29) is 0 Å². The molecular weight excluding hydrogens is 220 g/mol. The highest BCUT2D eigenvalue weighted by Gasteiger charge is 2.10. The van der Waals surface area contributed by atoms with E-state index in [0.29, 0.717) is 10.7 Å². The molecule has 2 N–H and O–H groups in total. The summed E-state index contributed by atoms with van der Waals surface area (Å²) in [7, 11) is 1.95. The fraction of sp³-hybridized carbons (Fsp3) is 0.0769. The largest absolute Gasteiger partial charge is 0.397 e. The van der Waals surface area contributed by atoms with Gasteiger partial charge in [-0.1, -0.05) is 35.9 Å². The Kier molecular flexibility index (Phi) is 3.02. The van der Waals surface area contributed by atoms with Crippen molar-refractivity contribution in [3.8, 4) is 0 Å². The molecule has 0 bridgehead atoms. The lowest BCUT2D eigenvalue weighted by molar-refractivity contribution is 1.21. The van der Waals surface area contributed by atoms with Gasteiger partial charge in [0, 0.05) is 12.7 Å². The molecule has 82 valence electrons. The molecule has 0 heterocycles. The van der Waals surface area contributed by atoms with Crippen molar-refractivity contribution in [2.45, 2.75) is 0 Å². The van der Waals surface area contributed by atoms with Crippen molar-refractivity contribution in [1.82, 2.24) is 0 Å². The molecule has 3 heteroatoms. The zero-order chi connectivity index (χ0) is 11.5. The van der Waals surface area contributed by atoms with Gasteiger partial charge >= 0.3 is 0 Å². The number of anilines is 3. The van der Waals surface area contributed by atoms with Crippen molar-refractivity contribution >= 4 is 28.7 Å². The molecule has 2 rings (SSSR count). The van der Waals surface area contributed by atoms with E-state index < -0.39 is 0 Å². The van der Waals surface area contributed by atoms with E-state index in [1.165, 1.54) is 0 Å². The highest BCUT2D eigenvalue weighted by molar-refractivity contribution is 6.34. The number of para-hydroxylation sites is 2. The molecule has 0 aliphatic heterocycles. The SMILES string of the molecule is CN(c1ccccc1)c1c(N)cccc1Cl. The monoisotopic (exact) mass is 232 g/mol. The van der Waals surface area contributed by atoms with Gasteiger partial charge in [-0.15, -0.1) is 0 Å². The third kappa shape index (κ3) is 1.97. The van der Waals surface area contributed by atoms with Gasteiger partial charge in [-0.2, -0.15) is 0 Å². The van der Waals surface area contributed by atoms with Crippen LogP contribution in [0.3, 0.4) is 0 Å². The minimum atomic E-state index is 0.659. The second-order valence-corrected chi connectivity index (χ2v) is 3.98. The Hall–Kier alpha value is -1.67. The summed E-state index contributed by atoms with van der Waals surface area (Å²) in [6.45, 7) is 0. The Bertz CT molecular complexity index is 462. The van der Waals surface area contributed by atoms with Crippen LogP contribution in [-0.2, 0) is 0 Å².